The molecular weight excluding hydrogens is 434 g/mol. The number of carbonyl (C=O) groups is 1. The summed E-state index contributed by atoms with van der Waals surface area (Å²) in [6, 6.07) is 10.6. The maximum Gasteiger partial charge on any atom is 0.262 e. The monoisotopic (exact) mass is 453 g/mol. The van der Waals surface area contributed by atoms with Gasteiger partial charge in [-0.2, -0.15) is 0 Å². The fourth-order valence-electron chi connectivity index (χ4n) is 3.17. The number of primary amides is 1. The molecule has 3 N–H and O–H groups in total. The fraction of sp³-hybridized carbons (Fsp3) is 0.0952. The Hall–Kier alpha value is -4.12. The molecular formula is C21H19N5O5S. The quantitative estimate of drug-likeness (QED) is 0.438. The summed E-state index contributed by atoms with van der Waals surface area (Å²) >= 11 is 0. The van der Waals surface area contributed by atoms with Crippen LogP contribution in [-0.2, 0) is 10.0 Å². The van der Waals surface area contributed by atoms with Crippen LogP contribution in [0.5, 0.6) is 11.5 Å². The highest BCUT2D eigenvalue weighted by molar-refractivity contribution is 7.92. The summed E-state index contributed by atoms with van der Waals surface area (Å²) < 4.78 is 40.7. The van der Waals surface area contributed by atoms with E-state index in [-0.39, 0.29) is 21.9 Å². The average Bonchev–Trinajstić information content (AvgIpc) is 3.22. The van der Waals surface area contributed by atoms with Gasteiger partial charge in [0.1, 0.15) is 11.5 Å². The summed E-state index contributed by atoms with van der Waals surface area (Å²) in [6.07, 6.45) is 5.23. The molecule has 11 heteroatoms. The van der Waals surface area contributed by atoms with Crippen LogP contribution in [0, 0.1) is 0 Å². The minimum absolute atomic E-state index is 0.0479. The summed E-state index contributed by atoms with van der Waals surface area (Å²) in [4.78, 5) is 20.2. The highest BCUT2D eigenvalue weighted by Crippen LogP contribution is 2.32. The Bertz CT molecular complexity index is 1400. The molecule has 4 rings (SSSR count). The van der Waals surface area contributed by atoms with Gasteiger partial charge >= 0.3 is 0 Å². The Kier molecular flexibility index (Phi) is 5.41. The molecule has 0 radical (unpaired) electrons. The van der Waals surface area contributed by atoms with Crippen molar-refractivity contribution in [3.8, 4) is 22.8 Å². The molecule has 0 unspecified atom stereocenters. The SMILES string of the molecule is COc1ccc(-c2cn3cccnc3n2)cc1NS(=O)(=O)c1ccc(OC)c(C(N)=O)c1. The number of fused-ring (bicyclic) bond motifs is 1. The first-order valence-electron chi connectivity index (χ1n) is 9.31. The van der Waals surface area contributed by atoms with Gasteiger partial charge in [0.15, 0.2) is 0 Å². The fourth-order valence-corrected chi connectivity index (χ4v) is 4.25. The zero-order valence-corrected chi connectivity index (χ0v) is 18.0. The summed E-state index contributed by atoms with van der Waals surface area (Å²) in [6.45, 7) is 0. The van der Waals surface area contributed by atoms with Gasteiger partial charge in [0.2, 0.25) is 5.78 Å². The molecule has 164 valence electrons. The maximum atomic E-state index is 13.0. The van der Waals surface area contributed by atoms with E-state index in [1.807, 2.05) is 6.20 Å². The molecule has 0 fully saturated rings. The molecule has 2 heterocycles. The number of rotatable bonds is 7. The Morgan fingerprint density at radius 1 is 1.09 bits per heavy atom. The van der Waals surface area contributed by atoms with Crippen molar-refractivity contribution in [2.24, 2.45) is 5.73 Å². The number of imidazole rings is 1. The second-order valence-corrected chi connectivity index (χ2v) is 8.38. The number of nitrogens with one attached hydrogen (secondary N) is 1. The number of ether oxygens (including phenoxy) is 2. The minimum Gasteiger partial charge on any atom is -0.496 e. The molecule has 2 aromatic heterocycles. The highest BCUT2D eigenvalue weighted by atomic mass is 32.2. The van der Waals surface area contributed by atoms with Gasteiger partial charge in [-0.3, -0.25) is 13.9 Å². The molecule has 4 aromatic rings. The Morgan fingerprint density at radius 3 is 2.53 bits per heavy atom. The number of hydrogen-bond acceptors (Lipinski definition) is 7. The number of carbonyl (C=O) groups excluding carboxylic acids is 1. The van der Waals surface area contributed by atoms with E-state index < -0.39 is 15.9 Å². The first-order chi connectivity index (χ1) is 15.3. The molecule has 0 aliphatic rings. The van der Waals surface area contributed by atoms with Gasteiger partial charge in [0.25, 0.3) is 15.9 Å². The third-order valence-electron chi connectivity index (χ3n) is 4.72. The summed E-state index contributed by atoms with van der Waals surface area (Å²) in [5.74, 6) is 0.191. The Balaban J connectivity index is 1.74. The van der Waals surface area contributed by atoms with Crippen molar-refractivity contribution in [3.63, 3.8) is 0 Å². The van der Waals surface area contributed by atoms with Crippen LogP contribution in [0.3, 0.4) is 0 Å². The molecule has 2 aromatic carbocycles. The number of hydrogen-bond donors (Lipinski definition) is 2. The van der Waals surface area contributed by atoms with Crippen LogP contribution in [0.2, 0.25) is 0 Å². The van der Waals surface area contributed by atoms with Gasteiger partial charge in [0.05, 0.1) is 36.1 Å². The van der Waals surface area contributed by atoms with Gasteiger partial charge in [-0.1, -0.05) is 0 Å². The number of benzene rings is 2. The third kappa shape index (κ3) is 3.93. The Labute approximate surface area is 183 Å². The zero-order valence-electron chi connectivity index (χ0n) is 17.1. The number of amides is 1. The van der Waals surface area contributed by atoms with Gasteiger partial charge in [0, 0.05) is 24.2 Å². The topological polar surface area (TPSA) is 138 Å². The number of anilines is 1. The molecule has 0 saturated carbocycles. The predicted octanol–water partition coefficient (Wildman–Crippen LogP) is 2.31. The van der Waals surface area contributed by atoms with E-state index in [1.165, 1.54) is 26.4 Å². The van der Waals surface area contributed by atoms with Crippen molar-refractivity contribution in [1.82, 2.24) is 14.4 Å². The molecule has 0 atom stereocenters. The van der Waals surface area contributed by atoms with E-state index in [0.29, 0.717) is 22.8 Å². The lowest BCUT2D eigenvalue weighted by Crippen LogP contribution is -2.17. The van der Waals surface area contributed by atoms with Crippen LogP contribution in [0.25, 0.3) is 17.0 Å². The largest absolute Gasteiger partial charge is 0.496 e. The van der Waals surface area contributed by atoms with Crippen LogP contribution in [-0.4, -0.2) is 42.9 Å². The number of aromatic nitrogens is 3. The second kappa shape index (κ2) is 8.19. The van der Waals surface area contributed by atoms with Crippen LogP contribution in [0.1, 0.15) is 10.4 Å². The Morgan fingerprint density at radius 2 is 1.84 bits per heavy atom. The zero-order chi connectivity index (χ0) is 22.9. The van der Waals surface area contributed by atoms with Gasteiger partial charge in [-0.05, 0) is 42.5 Å². The van der Waals surface area contributed by atoms with Crippen molar-refractivity contribution in [2.45, 2.75) is 4.90 Å². The van der Waals surface area contributed by atoms with Crippen molar-refractivity contribution in [3.05, 3.63) is 66.6 Å². The lowest BCUT2D eigenvalue weighted by molar-refractivity contribution is 0.0997. The van der Waals surface area contributed by atoms with E-state index in [2.05, 4.69) is 14.7 Å². The number of sulfonamides is 1. The smallest absolute Gasteiger partial charge is 0.262 e. The molecule has 0 bridgehead atoms. The lowest BCUT2D eigenvalue weighted by atomic mass is 10.1. The molecule has 32 heavy (non-hydrogen) atoms. The predicted molar refractivity (Wildman–Crippen MR) is 117 cm³/mol. The highest BCUT2D eigenvalue weighted by Gasteiger charge is 2.21. The van der Waals surface area contributed by atoms with E-state index in [1.54, 1.807) is 41.1 Å². The number of nitrogens with two attached hydrogens (primary N) is 1. The van der Waals surface area contributed by atoms with Crippen molar-refractivity contribution < 1.29 is 22.7 Å². The van der Waals surface area contributed by atoms with E-state index in [0.717, 1.165) is 6.07 Å². The third-order valence-corrected chi connectivity index (χ3v) is 6.08. The van der Waals surface area contributed by atoms with Crippen molar-refractivity contribution in [1.29, 1.82) is 0 Å². The molecule has 0 aliphatic carbocycles. The van der Waals surface area contributed by atoms with Crippen LogP contribution in [0.15, 0.2) is 66.0 Å². The average molecular weight is 453 g/mol. The van der Waals surface area contributed by atoms with Crippen LogP contribution >= 0.6 is 0 Å². The summed E-state index contributed by atoms with van der Waals surface area (Å²) in [5, 5.41) is 0. The van der Waals surface area contributed by atoms with Crippen molar-refractivity contribution in [2.75, 3.05) is 18.9 Å². The molecule has 0 spiro atoms. The summed E-state index contributed by atoms with van der Waals surface area (Å²) in [5.41, 5.74) is 6.76. The van der Waals surface area contributed by atoms with Crippen LogP contribution in [0.4, 0.5) is 5.69 Å². The maximum absolute atomic E-state index is 13.0. The van der Waals surface area contributed by atoms with Gasteiger partial charge < -0.3 is 15.2 Å². The molecule has 10 nitrogen and oxygen atoms in total. The number of nitrogens with zero attached hydrogens (tertiary/aromatic N) is 3. The summed E-state index contributed by atoms with van der Waals surface area (Å²) in [7, 11) is -1.29. The first kappa shape index (κ1) is 21.1. The minimum atomic E-state index is -4.08. The van der Waals surface area contributed by atoms with E-state index in [9.17, 15) is 13.2 Å². The standard InChI is InChI=1S/C21H19N5O5S/c1-30-18-7-5-14(11-15(18)20(22)27)32(28,29)25-16-10-13(4-6-19(16)31-2)17-12-26-9-3-8-23-21(26)24-17/h3-12,25H,1-2H3,(H2,22,27). The van der Waals surface area contributed by atoms with E-state index in [4.69, 9.17) is 15.2 Å². The van der Waals surface area contributed by atoms with Crippen molar-refractivity contribution >= 4 is 27.4 Å². The lowest BCUT2D eigenvalue weighted by Gasteiger charge is -2.14. The van der Waals surface area contributed by atoms with E-state index >= 15 is 0 Å². The molecule has 1 amide bonds. The number of methoxy groups -OCH3 is 2. The normalized spacial score (nSPS) is 11.3. The van der Waals surface area contributed by atoms with Crippen LogP contribution < -0.4 is 19.9 Å². The van der Waals surface area contributed by atoms with Gasteiger partial charge in [-0.25, -0.2) is 18.4 Å². The molecule has 0 aliphatic heterocycles. The first-order valence-corrected chi connectivity index (χ1v) is 10.8. The second-order valence-electron chi connectivity index (χ2n) is 6.70. The van der Waals surface area contributed by atoms with Gasteiger partial charge in [-0.15, -0.1) is 0 Å². The molecule has 0 saturated heterocycles.